The number of benzene rings is 2. The Kier molecular flexibility index (Phi) is 4.96. The van der Waals surface area contributed by atoms with Crippen LogP contribution in [0.3, 0.4) is 0 Å². The summed E-state index contributed by atoms with van der Waals surface area (Å²) in [4.78, 5) is 25.1. The number of rotatable bonds is 4. The third kappa shape index (κ3) is 3.78. The maximum absolute atomic E-state index is 13.8. The molecule has 1 heterocycles. The topological polar surface area (TPSA) is 57.6 Å². The molecule has 1 amide bonds. The zero-order chi connectivity index (χ0) is 18.0. The molecule has 0 spiro atoms. The zero-order valence-electron chi connectivity index (χ0n) is 12.8. The first-order chi connectivity index (χ1) is 12.0. The SMILES string of the molecule is O=C(O)Cc1ccc(N2C(=O)/C(=C/c3ccccc3F)SC2=S)cc1. The first-order valence-electron chi connectivity index (χ1n) is 7.29. The van der Waals surface area contributed by atoms with Crippen LogP contribution in [0.5, 0.6) is 0 Å². The number of anilines is 1. The van der Waals surface area contributed by atoms with E-state index in [0.717, 1.165) is 11.8 Å². The quantitative estimate of drug-likeness (QED) is 0.651. The molecule has 1 fully saturated rings. The van der Waals surface area contributed by atoms with Crippen LogP contribution in [-0.2, 0) is 16.0 Å². The summed E-state index contributed by atoms with van der Waals surface area (Å²) in [6, 6.07) is 12.8. The lowest BCUT2D eigenvalue weighted by Gasteiger charge is -2.14. The highest BCUT2D eigenvalue weighted by Crippen LogP contribution is 2.36. The molecule has 1 aliphatic rings. The van der Waals surface area contributed by atoms with Crippen LogP contribution in [-0.4, -0.2) is 21.3 Å². The molecule has 1 saturated heterocycles. The molecule has 126 valence electrons. The van der Waals surface area contributed by atoms with E-state index in [0.29, 0.717) is 26.0 Å². The molecular formula is C18H12FNO3S2. The highest BCUT2D eigenvalue weighted by atomic mass is 32.2. The van der Waals surface area contributed by atoms with Crippen molar-refractivity contribution >= 4 is 51.9 Å². The van der Waals surface area contributed by atoms with E-state index < -0.39 is 11.8 Å². The average molecular weight is 373 g/mol. The Bertz CT molecular complexity index is 893. The number of aliphatic carboxylic acids is 1. The molecule has 0 saturated carbocycles. The van der Waals surface area contributed by atoms with Gasteiger partial charge in [-0.1, -0.05) is 54.3 Å². The number of halogens is 1. The summed E-state index contributed by atoms with van der Waals surface area (Å²) in [5, 5.41) is 8.80. The van der Waals surface area contributed by atoms with Crippen LogP contribution in [0.4, 0.5) is 10.1 Å². The van der Waals surface area contributed by atoms with Crippen LogP contribution in [0.1, 0.15) is 11.1 Å². The highest BCUT2D eigenvalue weighted by Gasteiger charge is 2.33. The van der Waals surface area contributed by atoms with Crippen molar-refractivity contribution in [2.24, 2.45) is 0 Å². The van der Waals surface area contributed by atoms with Gasteiger partial charge in [0.25, 0.3) is 5.91 Å². The minimum absolute atomic E-state index is 0.0914. The third-order valence-corrected chi connectivity index (χ3v) is 4.84. The van der Waals surface area contributed by atoms with Crippen molar-refractivity contribution in [3.8, 4) is 0 Å². The van der Waals surface area contributed by atoms with Crippen molar-refractivity contribution in [2.45, 2.75) is 6.42 Å². The highest BCUT2D eigenvalue weighted by molar-refractivity contribution is 8.27. The van der Waals surface area contributed by atoms with E-state index in [1.165, 1.54) is 17.0 Å². The first-order valence-corrected chi connectivity index (χ1v) is 8.51. The number of carbonyl (C=O) groups is 2. The maximum atomic E-state index is 13.8. The predicted octanol–water partition coefficient (Wildman–Crippen LogP) is 3.86. The number of carbonyl (C=O) groups excluding carboxylic acids is 1. The molecule has 0 aliphatic carbocycles. The summed E-state index contributed by atoms with van der Waals surface area (Å²) in [6.45, 7) is 0. The molecule has 2 aromatic rings. The number of thioether (sulfide) groups is 1. The molecule has 0 aromatic heterocycles. The summed E-state index contributed by atoms with van der Waals surface area (Å²) in [7, 11) is 0. The van der Waals surface area contributed by atoms with E-state index in [9.17, 15) is 14.0 Å². The second-order valence-corrected chi connectivity index (χ2v) is 6.95. The fraction of sp³-hybridized carbons (Fsp3) is 0.0556. The smallest absolute Gasteiger partial charge is 0.307 e. The molecular weight excluding hydrogens is 361 g/mol. The van der Waals surface area contributed by atoms with Gasteiger partial charge in [-0.3, -0.25) is 14.5 Å². The number of amides is 1. The van der Waals surface area contributed by atoms with E-state index in [1.807, 2.05) is 0 Å². The molecule has 3 rings (SSSR count). The maximum Gasteiger partial charge on any atom is 0.307 e. The standard InChI is InChI=1S/C18H12FNO3S2/c19-14-4-2-1-3-12(14)10-15-17(23)20(18(24)25-15)13-7-5-11(6-8-13)9-16(21)22/h1-8,10H,9H2,(H,21,22)/b15-10-. The number of nitrogens with zero attached hydrogens (tertiary/aromatic N) is 1. The number of carboxylic acids is 1. The van der Waals surface area contributed by atoms with E-state index in [1.54, 1.807) is 42.5 Å². The Morgan fingerprint density at radius 1 is 1.20 bits per heavy atom. The second kappa shape index (κ2) is 7.16. The molecule has 4 nitrogen and oxygen atoms in total. The Hall–Kier alpha value is -2.51. The summed E-state index contributed by atoms with van der Waals surface area (Å²) in [6.07, 6.45) is 1.39. The Labute approximate surface area is 153 Å². The van der Waals surface area contributed by atoms with E-state index in [4.69, 9.17) is 17.3 Å². The number of carboxylic acid groups (broad SMARTS) is 1. The lowest BCUT2D eigenvalue weighted by molar-refractivity contribution is -0.136. The Balaban J connectivity index is 1.87. The largest absolute Gasteiger partial charge is 0.481 e. The first kappa shape index (κ1) is 17.3. The fourth-order valence-electron chi connectivity index (χ4n) is 2.36. The third-order valence-electron chi connectivity index (χ3n) is 3.54. The van der Waals surface area contributed by atoms with Crippen LogP contribution in [0, 0.1) is 5.82 Å². The van der Waals surface area contributed by atoms with Gasteiger partial charge in [0.15, 0.2) is 4.32 Å². The van der Waals surface area contributed by atoms with Gasteiger partial charge in [-0.05, 0) is 29.8 Å². The summed E-state index contributed by atoms with van der Waals surface area (Å²) >= 11 is 6.37. The summed E-state index contributed by atoms with van der Waals surface area (Å²) in [5.74, 6) is -1.67. The van der Waals surface area contributed by atoms with Crippen molar-refractivity contribution in [3.63, 3.8) is 0 Å². The van der Waals surface area contributed by atoms with Gasteiger partial charge in [-0.25, -0.2) is 4.39 Å². The van der Waals surface area contributed by atoms with Crippen molar-refractivity contribution in [1.82, 2.24) is 0 Å². The van der Waals surface area contributed by atoms with Gasteiger partial charge < -0.3 is 5.11 Å². The van der Waals surface area contributed by atoms with E-state index in [2.05, 4.69) is 0 Å². The molecule has 1 N–H and O–H groups in total. The molecule has 2 aromatic carbocycles. The van der Waals surface area contributed by atoms with Crippen LogP contribution < -0.4 is 4.90 Å². The van der Waals surface area contributed by atoms with Gasteiger partial charge in [0.2, 0.25) is 0 Å². The van der Waals surface area contributed by atoms with Gasteiger partial charge in [0, 0.05) is 5.56 Å². The molecule has 7 heteroatoms. The van der Waals surface area contributed by atoms with Crippen LogP contribution >= 0.6 is 24.0 Å². The summed E-state index contributed by atoms with van der Waals surface area (Å²) < 4.78 is 14.1. The molecule has 0 atom stereocenters. The lowest BCUT2D eigenvalue weighted by Crippen LogP contribution is -2.27. The fourth-order valence-corrected chi connectivity index (χ4v) is 3.65. The molecule has 1 aliphatic heterocycles. The Morgan fingerprint density at radius 2 is 1.88 bits per heavy atom. The molecule has 25 heavy (non-hydrogen) atoms. The predicted molar refractivity (Wildman–Crippen MR) is 99.8 cm³/mol. The molecule has 0 unspecified atom stereocenters. The van der Waals surface area contributed by atoms with Crippen molar-refractivity contribution in [2.75, 3.05) is 4.90 Å². The van der Waals surface area contributed by atoms with Gasteiger partial charge >= 0.3 is 5.97 Å². The minimum Gasteiger partial charge on any atom is -0.481 e. The van der Waals surface area contributed by atoms with Gasteiger partial charge in [-0.15, -0.1) is 0 Å². The van der Waals surface area contributed by atoms with Crippen LogP contribution in [0.15, 0.2) is 53.4 Å². The van der Waals surface area contributed by atoms with Crippen molar-refractivity contribution < 1.29 is 19.1 Å². The van der Waals surface area contributed by atoms with Crippen LogP contribution in [0.2, 0.25) is 0 Å². The summed E-state index contributed by atoms with van der Waals surface area (Å²) in [5.41, 5.74) is 1.50. The number of thiocarbonyl (C=S) groups is 1. The van der Waals surface area contributed by atoms with Gasteiger partial charge in [0.1, 0.15) is 5.82 Å². The monoisotopic (exact) mass is 373 g/mol. The van der Waals surface area contributed by atoms with E-state index in [-0.39, 0.29) is 12.3 Å². The molecule has 0 radical (unpaired) electrons. The van der Waals surface area contributed by atoms with E-state index >= 15 is 0 Å². The zero-order valence-corrected chi connectivity index (χ0v) is 14.4. The van der Waals surface area contributed by atoms with Crippen molar-refractivity contribution in [1.29, 1.82) is 0 Å². The number of hydrogen-bond donors (Lipinski definition) is 1. The normalized spacial score (nSPS) is 15.9. The van der Waals surface area contributed by atoms with Gasteiger partial charge in [-0.2, -0.15) is 0 Å². The van der Waals surface area contributed by atoms with Gasteiger partial charge in [0.05, 0.1) is 17.0 Å². The van der Waals surface area contributed by atoms with Crippen LogP contribution in [0.25, 0.3) is 6.08 Å². The average Bonchev–Trinajstić information content (AvgIpc) is 2.84. The number of hydrogen-bond acceptors (Lipinski definition) is 4. The van der Waals surface area contributed by atoms with Crippen molar-refractivity contribution in [3.05, 3.63) is 70.4 Å². The minimum atomic E-state index is -0.925. The Morgan fingerprint density at radius 3 is 2.52 bits per heavy atom. The second-order valence-electron chi connectivity index (χ2n) is 5.28. The lowest BCUT2D eigenvalue weighted by atomic mass is 10.1. The molecule has 0 bridgehead atoms.